The molecule has 24 heavy (non-hydrogen) atoms. The normalized spacial score (nSPS) is 18.9. The molecule has 0 unspecified atom stereocenters. The van der Waals surface area contributed by atoms with Crippen molar-refractivity contribution in [2.24, 2.45) is 10.9 Å². The second-order valence-electron chi connectivity index (χ2n) is 6.39. The van der Waals surface area contributed by atoms with Crippen molar-refractivity contribution in [2.45, 2.75) is 49.8 Å². The number of hydrogen-bond donors (Lipinski definition) is 2. The molecule has 1 saturated carbocycles. The molecule has 1 aromatic carbocycles. The third-order valence-corrected chi connectivity index (χ3v) is 5.89. The van der Waals surface area contributed by atoms with Gasteiger partial charge in [-0.05, 0) is 43.9 Å². The molecule has 1 aliphatic carbocycles. The van der Waals surface area contributed by atoms with E-state index in [9.17, 15) is 13.2 Å². The fraction of sp³-hybridized carbons (Fsp3) is 0.529. The van der Waals surface area contributed by atoms with Crippen molar-refractivity contribution in [3.63, 3.8) is 0 Å². The number of amidine groups is 1. The molecule has 6 nitrogen and oxygen atoms in total. The van der Waals surface area contributed by atoms with E-state index in [1.165, 1.54) is 12.1 Å². The van der Waals surface area contributed by atoms with Crippen LogP contribution >= 0.6 is 0 Å². The van der Waals surface area contributed by atoms with E-state index in [0.29, 0.717) is 24.5 Å². The molecule has 2 aliphatic rings. The number of anilines is 1. The van der Waals surface area contributed by atoms with Gasteiger partial charge in [-0.15, -0.1) is 0 Å². The van der Waals surface area contributed by atoms with Crippen LogP contribution in [0.2, 0.25) is 0 Å². The quantitative estimate of drug-likeness (QED) is 0.876. The van der Waals surface area contributed by atoms with E-state index in [1.807, 2.05) is 0 Å². The van der Waals surface area contributed by atoms with Gasteiger partial charge < -0.3 is 5.32 Å². The van der Waals surface area contributed by atoms with Crippen LogP contribution in [0.4, 0.5) is 5.69 Å². The van der Waals surface area contributed by atoms with Crippen LogP contribution in [0.3, 0.4) is 0 Å². The summed E-state index contributed by atoms with van der Waals surface area (Å²) in [5, 5.41) is 2.81. The van der Waals surface area contributed by atoms with Crippen molar-refractivity contribution in [3.05, 3.63) is 24.3 Å². The number of benzene rings is 1. The first kappa shape index (κ1) is 17.0. The third kappa shape index (κ3) is 4.14. The standard InChI is InChI=1S/C17H23N3O3S/c21-17(13-6-4-7-13)19-14-8-5-9-15(12-14)24(22,23)20-16-10-2-1-3-11-18-16/h5,8-9,12-13H,1-4,6-7,10-11H2,(H,18,20)(H,19,21). The first-order valence-electron chi connectivity index (χ1n) is 8.52. The summed E-state index contributed by atoms with van der Waals surface area (Å²) >= 11 is 0. The van der Waals surface area contributed by atoms with Gasteiger partial charge in [-0.3, -0.25) is 14.5 Å². The predicted molar refractivity (Wildman–Crippen MR) is 93.5 cm³/mol. The predicted octanol–water partition coefficient (Wildman–Crippen LogP) is 2.68. The first-order chi connectivity index (χ1) is 11.5. The summed E-state index contributed by atoms with van der Waals surface area (Å²) in [6.45, 7) is 0.662. The maximum absolute atomic E-state index is 12.5. The minimum Gasteiger partial charge on any atom is -0.326 e. The molecule has 1 fully saturated rings. The summed E-state index contributed by atoms with van der Waals surface area (Å²) in [5.41, 5.74) is 0.512. The van der Waals surface area contributed by atoms with Gasteiger partial charge in [-0.25, -0.2) is 8.42 Å². The van der Waals surface area contributed by atoms with Crippen molar-refractivity contribution in [1.82, 2.24) is 4.72 Å². The average molecular weight is 349 g/mol. The monoisotopic (exact) mass is 349 g/mol. The highest BCUT2D eigenvalue weighted by molar-refractivity contribution is 7.90. The molecular weight excluding hydrogens is 326 g/mol. The Labute approximate surface area is 142 Å². The van der Waals surface area contributed by atoms with E-state index in [-0.39, 0.29) is 16.7 Å². The molecule has 1 aliphatic heterocycles. The third-order valence-electron chi connectivity index (χ3n) is 4.51. The zero-order valence-corrected chi connectivity index (χ0v) is 14.4. The molecule has 0 aromatic heterocycles. The molecule has 0 atom stereocenters. The maximum Gasteiger partial charge on any atom is 0.262 e. The lowest BCUT2D eigenvalue weighted by Crippen LogP contribution is -2.31. The Bertz CT molecular complexity index is 739. The number of aliphatic imine (C=N–C) groups is 1. The smallest absolute Gasteiger partial charge is 0.262 e. The van der Waals surface area contributed by atoms with Gasteiger partial charge in [0.1, 0.15) is 5.84 Å². The average Bonchev–Trinajstić information content (AvgIpc) is 2.74. The van der Waals surface area contributed by atoms with Crippen LogP contribution in [-0.2, 0) is 14.8 Å². The molecule has 0 radical (unpaired) electrons. The molecule has 1 amide bonds. The molecule has 7 heteroatoms. The largest absolute Gasteiger partial charge is 0.326 e. The lowest BCUT2D eigenvalue weighted by Gasteiger charge is -2.24. The highest BCUT2D eigenvalue weighted by atomic mass is 32.2. The number of nitrogens with one attached hydrogen (secondary N) is 2. The number of rotatable bonds is 4. The molecule has 0 bridgehead atoms. The van der Waals surface area contributed by atoms with Crippen LogP contribution in [0.25, 0.3) is 0 Å². The van der Waals surface area contributed by atoms with E-state index < -0.39 is 10.0 Å². The van der Waals surface area contributed by atoms with Gasteiger partial charge >= 0.3 is 0 Å². The first-order valence-corrected chi connectivity index (χ1v) is 10.00. The second-order valence-corrected chi connectivity index (χ2v) is 8.07. The molecule has 3 rings (SSSR count). The van der Waals surface area contributed by atoms with Crippen molar-refractivity contribution >= 4 is 27.5 Å². The Kier molecular flexibility index (Phi) is 5.18. The fourth-order valence-electron chi connectivity index (χ4n) is 2.83. The zero-order chi connectivity index (χ0) is 17.0. The van der Waals surface area contributed by atoms with E-state index in [0.717, 1.165) is 38.5 Å². The summed E-state index contributed by atoms with van der Waals surface area (Å²) in [6.07, 6.45) is 6.55. The number of carbonyl (C=O) groups excluding carboxylic acids is 1. The van der Waals surface area contributed by atoms with Crippen molar-refractivity contribution in [3.8, 4) is 0 Å². The Morgan fingerprint density at radius 2 is 1.96 bits per heavy atom. The summed E-state index contributed by atoms with van der Waals surface area (Å²) in [7, 11) is -3.68. The summed E-state index contributed by atoms with van der Waals surface area (Å²) in [4.78, 5) is 16.5. The van der Waals surface area contributed by atoms with Crippen LogP contribution in [0, 0.1) is 5.92 Å². The topological polar surface area (TPSA) is 87.6 Å². The number of sulfonamides is 1. The van der Waals surface area contributed by atoms with Crippen molar-refractivity contribution in [1.29, 1.82) is 0 Å². The van der Waals surface area contributed by atoms with Crippen LogP contribution in [0.1, 0.15) is 44.9 Å². The number of nitrogens with zero attached hydrogens (tertiary/aromatic N) is 1. The maximum atomic E-state index is 12.5. The Morgan fingerprint density at radius 3 is 2.71 bits per heavy atom. The van der Waals surface area contributed by atoms with Crippen LogP contribution in [0.5, 0.6) is 0 Å². The minimum atomic E-state index is -3.68. The highest BCUT2D eigenvalue weighted by Gasteiger charge is 2.25. The van der Waals surface area contributed by atoms with Gasteiger partial charge in [0, 0.05) is 24.6 Å². The van der Waals surface area contributed by atoms with Gasteiger partial charge in [0.05, 0.1) is 4.90 Å². The molecule has 0 saturated heterocycles. The van der Waals surface area contributed by atoms with E-state index in [1.54, 1.807) is 12.1 Å². The molecule has 1 heterocycles. The SMILES string of the molecule is O=C(Nc1cccc(S(=O)(=O)NC2=NCCCCC2)c1)C1CCC1. The summed E-state index contributed by atoms with van der Waals surface area (Å²) < 4.78 is 27.7. The van der Waals surface area contributed by atoms with Crippen LogP contribution in [-0.4, -0.2) is 26.7 Å². The van der Waals surface area contributed by atoms with Crippen LogP contribution in [0.15, 0.2) is 34.2 Å². The van der Waals surface area contributed by atoms with Crippen molar-refractivity contribution < 1.29 is 13.2 Å². The Hall–Kier alpha value is -1.89. The van der Waals surface area contributed by atoms with Gasteiger partial charge in [0.2, 0.25) is 5.91 Å². The fourth-order valence-corrected chi connectivity index (χ4v) is 3.96. The van der Waals surface area contributed by atoms with Crippen molar-refractivity contribution in [2.75, 3.05) is 11.9 Å². The zero-order valence-electron chi connectivity index (χ0n) is 13.6. The van der Waals surface area contributed by atoms with E-state index in [4.69, 9.17) is 0 Å². The molecular formula is C17H23N3O3S. The lowest BCUT2D eigenvalue weighted by atomic mass is 9.85. The van der Waals surface area contributed by atoms with E-state index >= 15 is 0 Å². The lowest BCUT2D eigenvalue weighted by molar-refractivity contribution is -0.122. The molecule has 2 N–H and O–H groups in total. The Balaban J connectivity index is 1.71. The number of amides is 1. The molecule has 1 aromatic rings. The molecule has 0 spiro atoms. The van der Waals surface area contributed by atoms with Gasteiger partial charge in [0.15, 0.2) is 0 Å². The van der Waals surface area contributed by atoms with Gasteiger partial charge in [-0.2, -0.15) is 0 Å². The molecule has 130 valence electrons. The van der Waals surface area contributed by atoms with Gasteiger partial charge in [0.25, 0.3) is 10.0 Å². The van der Waals surface area contributed by atoms with Gasteiger partial charge in [-0.1, -0.05) is 18.9 Å². The van der Waals surface area contributed by atoms with E-state index in [2.05, 4.69) is 15.0 Å². The summed E-state index contributed by atoms with van der Waals surface area (Å²) in [6, 6.07) is 6.37. The number of carbonyl (C=O) groups is 1. The minimum absolute atomic E-state index is 0.0306. The summed E-state index contributed by atoms with van der Waals surface area (Å²) in [5.74, 6) is 0.553. The highest BCUT2D eigenvalue weighted by Crippen LogP contribution is 2.28. The Morgan fingerprint density at radius 1 is 1.12 bits per heavy atom. The number of hydrogen-bond acceptors (Lipinski definition) is 4. The van der Waals surface area contributed by atoms with Crippen LogP contribution < -0.4 is 10.0 Å². The second kappa shape index (κ2) is 7.34.